The molecule has 2 atom stereocenters. The molecule has 0 aliphatic carbocycles. The molecule has 0 aromatic carbocycles. The molecule has 78 valence electrons. The van der Waals surface area contributed by atoms with E-state index in [1.54, 1.807) is 0 Å². The lowest BCUT2D eigenvalue weighted by atomic mass is 10.0. The highest BCUT2D eigenvalue weighted by atomic mass is 16.5. The molecular weight excluding hydrogens is 164 g/mol. The van der Waals surface area contributed by atoms with Gasteiger partial charge in [-0.25, -0.2) is 0 Å². The molecule has 2 unspecified atom stereocenters. The third-order valence-electron chi connectivity index (χ3n) is 2.83. The van der Waals surface area contributed by atoms with E-state index in [0.29, 0.717) is 12.1 Å². The van der Waals surface area contributed by atoms with Gasteiger partial charge in [-0.3, -0.25) is 4.90 Å². The molecule has 0 bridgehead atoms. The third kappa shape index (κ3) is 2.66. The van der Waals surface area contributed by atoms with Crippen molar-refractivity contribution in [2.45, 2.75) is 45.3 Å². The summed E-state index contributed by atoms with van der Waals surface area (Å²) in [6.07, 6.45) is 0.994. The predicted octanol–water partition coefficient (Wildman–Crippen LogP) is 0.833. The second kappa shape index (κ2) is 4.94. The molecule has 1 saturated heterocycles. The summed E-state index contributed by atoms with van der Waals surface area (Å²) in [5.74, 6) is 0. The first-order chi connectivity index (χ1) is 6.16. The van der Waals surface area contributed by atoms with Crippen molar-refractivity contribution in [1.29, 1.82) is 0 Å². The maximum absolute atomic E-state index is 6.07. The lowest BCUT2D eigenvalue weighted by Gasteiger charge is -2.39. The fraction of sp³-hybridized carbons (Fsp3) is 1.00. The molecular formula is C10H22N2O. The molecule has 1 fully saturated rings. The summed E-state index contributed by atoms with van der Waals surface area (Å²) in [6.45, 7) is 9.29. The minimum Gasteiger partial charge on any atom is -0.380 e. The van der Waals surface area contributed by atoms with E-state index in [-0.39, 0.29) is 6.04 Å². The average Bonchev–Trinajstić information content (AvgIpc) is 2.09. The standard InChI is InChI=1S/C10H22N2O/c1-4-12(8(2)3)10-7-13-6-5-9(10)11/h8-10H,4-7,11H2,1-3H3. The summed E-state index contributed by atoms with van der Waals surface area (Å²) in [4.78, 5) is 2.42. The number of hydrogen-bond donors (Lipinski definition) is 1. The van der Waals surface area contributed by atoms with Crippen LogP contribution in [0.1, 0.15) is 27.2 Å². The van der Waals surface area contributed by atoms with Gasteiger partial charge in [-0.05, 0) is 26.8 Å². The van der Waals surface area contributed by atoms with Crippen LogP contribution < -0.4 is 5.73 Å². The van der Waals surface area contributed by atoms with Gasteiger partial charge < -0.3 is 10.5 Å². The molecule has 2 N–H and O–H groups in total. The van der Waals surface area contributed by atoms with E-state index in [1.807, 2.05) is 0 Å². The molecule has 3 heteroatoms. The lowest BCUT2D eigenvalue weighted by molar-refractivity contribution is -0.00370. The molecule has 0 spiro atoms. The smallest absolute Gasteiger partial charge is 0.0637 e. The number of nitrogens with zero attached hydrogens (tertiary/aromatic N) is 1. The van der Waals surface area contributed by atoms with Crippen molar-refractivity contribution in [2.75, 3.05) is 19.8 Å². The topological polar surface area (TPSA) is 38.5 Å². The Morgan fingerprint density at radius 1 is 1.54 bits per heavy atom. The van der Waals surface area contributed by atoms with Gasteiger partial charge in [0, 0.05) is 24.7 Å². The minimum absolute atomic E-state index is 0.288. The zero-order chi connectivity index (χ0) is 9.84. The van der Waals surface area contributed by atoms with Gasteiger partial charge in [0.25, 0.3) is 0 Å². The van der Waals surface area contributed by atoms with Crippen LogP contribution >= 0.6 is 0 Å². The van der Waals surface area contributed by atoms with E-state index in [0.717, 1.165) is 26.2 Å². The van der Waals surface area contributed by atoms with Gasteiger partial charge >= 0.3 is 0 Å². The monoisotopic (exact) mass is 186 g/mol. The van der Waals surface area contributed by atoms with E-state index >= 15 is 0 Å². The van der Waals surface area contributed by atoms with E-state index in [1.165, 1.54) is 0 Å². The quantitative estimate of drug-likeness (QED) is 0.709. The fourth-order valence-electron chi connectivity index (χ4n) is 2.06. The zero-order valence-electron chi connectivity index (χ0n) is 8.99. The molecule has 0 amide bonds. The van der Waals surface area contributed by atoms with E-state index in [4.69, 9.17) is 10.5 Å². The van der Waals surface area contributed by atoms with Gasteiger partial charge in [0.2, 0.25) is 0 Å². The molecule has 0 radical (unpaired) electrons. The fourth-order valence-corrected chi connectivity index (χ4v) is 2.06. The molecule has 1 aliphatic heterocycles. The van der Waals surface area contributed by atoms with Crippen molar-refractivity contribution < 1.29 is 4.74 Å². The summed E-state index contributed by atoms with van der Waals surface area (Å²) in [5.41, 5.74) is 6.07. The average molecular weight is 186 g/mol. The van der Waals surface area contributed by atoms with Gasteiger partial charge in [0.1, 0.15) is 0 Å². The molecule has 1 rings (SSSR count). The third-order valence-corrected chi connectivity index (χ3v) is 2.83. The lowest BCUT2D eigenvalue weighted by Crippen LogP contribution is -2.55. The predicted molar refractivity (Wildman–Crippen MR) is 54.7 cm³/mol. The highest BCUT2D eigenvalue weighted by Crippen LogP contribution is 2.14. The molecule has 1 aliphatic rings. The van der Waals surface area contributed by atoms with Gasteiger partial charge in [-0.15, -0.1) is 0 Å². The Morgan fingerprint density at radius 2 is 2.23 bits per heavy atom. The van der Waals surface area contributed by atoms with Crippen LogP contribution in [-0.2, 0) is 4.74 Å². The first-order valence-corrected chi connectivity index (χ1v) is 5.25. The zero-order valence-corrected chi connectivity index (χ0v) is 8.99. The highest BCUT2D eigenvalue weighted by Gasteiger charge is 2.28. The van der Waals surface area contributed by atoms with Crippen molar-refractivity contribution in [2.24, 2.45) is 5.73 Å². The van der Waals surface area contributed by atoms with Crippen LogP contribution in [0.3, 0.4) is 0 Å². The van der Waals surface area contributed by atoms with E-state index in [2.05, 4.69) is 25.7 Å². The van der Waals surface area contributed by atoms with Crippen LogP contribution in [0.5, 0.6) is 0 Å². The Labute approximate surface area is 81.2 Å². The van der Waals surface area contributed by atoms with Crippen LogP contribution in [0.2, 0.25) is 0 Å². The largest absolute Gasteiger partial charge is 0.380 e. The van der Waals surface area contributed by atoms with Crippen molar-refractivity contribution in [1.82, 2.24) is 4.90 Å². The van der Waals surface area contributed by atoms with Crippen molar-refractivity contribution >= 4 is 0 Å². The number of nitrogens with two attached hydrogens (primary N) is 1. The number of rotatable bonds is 3. The van der Waals surface area contributed by atoms with Gasteiger partial charge in [-0.2, -0.15) is 0 Å². The maximum Gasteiger partial charge on any atom is 0.0637 e. The molecule has 13 heavy (non-hydrogen) atoms. The Balaban J connectivity index is 2.55. The highest BCUT2D eigenvalue weighted by molar-refractivity contribution is 4.85. The number of likely N-dealkylation sites (N-methyl/N-ethyl adjacent to an activating group) is 1. The van der Waals surface area contributed by atoms with Crippen molar-refractivity contribution in [3.8, 4) is 0 Å². The maximum atomic E-state index is 6.07. The Morgan fingerprint density at radius 3 is 2.69 bits per heavy atom. The SMILES string of the molecule is CCN(C(C)C)C1COCCC1N. The summed E-state index contributed by atoms with van der Waals surface area (Å²) in [7, 11) is 0. The summed E-state index contributed by atoms with van der Waals surface area (Å²) in [5, 5.41) is 0. The van der Waals surface area contributed by atoms with Crippen LogP contribution in [0.25, 0.3) is 0 Å². The van der Waals surface area contributed by atoms with Crippen LogP contribution in [-0.4, -0.2) is 42.8 Å². The first-order valence-electron chi connectivity index (χ1n) is 5.25. The van der Waals surface area contributed by atoms with Gasteiger partial charge in [0.15, 0.2) is 0 Å². The normalized spacial score (nSPS) is 30.0. The van der Waals surface area contributed by atoms with Crippen LogP contribution in [0.15, 0.2) is 0 Å². The number of ether oxygens (including phenoxy) is 1. The molecule has 3 nitrogen and oxygen atoms in total. The first kappa shape index (κ1) is 11.0. The van der Waals surface area contributed by atoms with Crippen molar-refractivity contribution in [3.05, 3.63) is 0 Å². The van der Waals surface area contributed by atoms with Gasteiger partial charge in [-0.1, -0.05) is 6.92 Å². The second-order valence-electron chi connectivity index (χ2n) is 4.02. The summed E-state index contributed by atoms with van der Waals surface area (Å²) < 4.78 is 5.46. The molecule has 1 heterocycles. The van der Waals surface area contributed by atoms with Crippen molar-refractivity contribution in [3.63, 3.8) is 0 Å². The van der Waals surface area contributed by atoms with E-state index < -0.39 is 0 Å². The van der Waals surface area contributed by atoms with Crippen LogP contribution in [0, 0.1) is 0 Å². The Kier molecular flexibility index (Phi) is 4.16. The van der Waals surface area contributed by atoms with Gasteiger partial charge in [0.05, 0.1) is 6.61 Å². The Bertz CT molecular complexity index is 150. The molecule has 0 aromatic heterocycles. The van der Waals surface area contributed by atoms with Crippen LogP contribution in [0.4, 0.5) is 0 Å². The number of hydrogen-bond acceptors (Lipinski definition) is 3. The summed E-state index contributed by atoms with van der Waals surface area (Å²) in [6, 6.07) is 1.26. The van der Waals surface area contributed by atoms with E-state index in [9.17, 15) is 0 Å². The second-order valence-corrected chi connectivity index (χ2v) is 4.02. The summed E-state index contributed by atoms with van der Waals surface area (Å²) >= 11 is 0. The molecule has 0 aromatic rings. The minimum atomic E-state index is 0.288. The Hall–Kier alpha value is -0.120. The molecule has 0 saturated carbocycles.